The van der Waals surface area contributed by atoms with E-state index in [0.717, 1.165) is 38.9 Å². The Labute approximate surface area is 744 Å². The Morgan fingerprint density at radius 3 is 1.57 bits per heavy atom. The van der Waals surface area contributed by atoms with Crippen LogP contribution in [0.1, 0.15) is 108 Å². The highest BCUT2D eigenvalue weighted by molar-refractivity contribution is 6.35. The van der Waals surface area contributed by atoms with Gasteiger partial charge in [-0.1, -0.05) is 145 Å². The molecule has 0 fully saturated rings. The lowest BCUT2D eigenvalue weighted by atomic mass is 10.0. The van der Waals surface area contributed by atoms with Gasteiger partial charge in [0, 0.05) is 164 Å². The maximum absolute atomic E-state index is 13.2. The van der Waals surface area contributed by atoms with E-state index in [9.17, 15) is 33.9 Å². The molecule has 126 heavy (non-hydrogen) atoms. The number of carbonyl (C=O) groups is 6. The van der Waals surface area contributed by atoms with Gasteiger partial charge in [0.15, 0.2) is 23.0 Å². The average Bonchev–Trinajstić information content (AvgIpc) is 1.65. The number of aromatic amines is 1. The molecule has 1 aliphatic rings. The first-order valence-electron chi connectivity index (χ1n) is 39.8. The Hall–Kier alpha value is -14.3. The molecule has 0 spiro atoms. The number of oxazole rings is 2. The van der Waals surface area contributed by atoms with Gasteiger partial charge in [-0.2, -0.15) is 10.2 Å². The van der Waals surface area contributed by atoms with Crippen LogP contribution in [-0.4, -0.2) is 110 Å². The predicted octanol–water partition coefficient (Wildman–Crippen LogP) is 20.5. The van der Waals surface area contributed by atoms with Crippen LogP contribution < -0.4 is 21.3 Å². The second kappa shape index (κ2) is 42.2. The Morgan fingerprint density at radius 2 is 1.02 bits per heavy atom. The van der Waals surface area contributed by atoms with E-state index in [1.165, 1.54) is 13.8 Å². The van der Waals surface area contributed by atoms with Gasteiger partial charge in [0.1, 0.15) is 51.9 Å². The van der Waals surface area contributed by atoms with Crippen molar-refractivity contribution in [1.29, 1.82) is 0 Å². The first-order valence-corrected chi connectivity index (χ1v) is 41.4. The smallest absolute Gasteiger partial charge is 0.255 e. The molecule has 26 nitrogen and oxygen atoms in total. The number of Topliss-reactive ketones (excluding diaryl/α,β-unsaturated/α-hetero) is 2. The quantitative estimate of drug-likeness (QED) is 0.0293. The van der Waals surface area contributed by atoms with Crippen molar-refractivity contribution in [1.82, 2.24) is 55.5 Å². The lowest BCUT2D eigenvalue weighted by molar-refractivity contribution is -0.118. The number of imidazole rings is 1. The molecule has 6 N–H and O–H groups in total. The number of halogens is 4. The average molecular weight is 1760 g/mol. The zero-order chi connectivity index (χ0) is 88.9. The molecule has 30 heteroatoms. The first-order chi connectivity index (χ1) is 60.9. The fraction of sp³-hybridized carbons (Fsp3) is 0.167. The number of benzene rings is 5. The standard InChI is InChI=1S/C26H19ClN4O2.C25H21ClN4O3.C23H23ClN2O4.C22H20ClN5O2/c27-22-9-5-4-8-21(22)25-24(23-11-13-29-31-23)30-26(33-25)18-10-12-28-19(15-18)16-20(32)14-17-6-2-1-3-7-17;1-15-12-28-23(30-16(2)31)11-19(15)22-10-20(24(33-22)18-7-3-4-8-21(18)26)25(32)29-14-17-6-5-9-27-13-17;1-13-11-25-16(8-14(2)27)9-18(13)21-10-19(23(29)26-12-15(3)28)22(30-21)17-6-4-5-7-20(17)24;1-13(2)11-18(29)27-17-12-14(7-8-24-17)22-28-19(21-25-9-10-26-21)20(30-22)15-5-3-4-6-16(15)23/h1-10,12-13,15H,11,14,16H2;3-13H,14H2,1-2H3,(H,29,32)(H,28,30,31);4-7,9-11,15,28H,8,12H2,1-3H3,(H,26,29);3-10,12-13H,11H2,1-2H3,(H,25,26)(H,24,27,29)/t;;15-;/m..1./s1. The molecule has 0 unspecified atom stereocenters. The molecule has 4 amide bonds. The summed E-state index contributed by atoms with van der Waals surface area (Å²) in [5, 5.41) is 30.8. The van der Waals surface area contributed by atoms with Gasteiger partial charge in [-0.3, -0.25) is 43.7 Å². The summed E-state index contributed by atoms with van der Waals surface area (Å²) in [7, 11) is 0. The second-order valence-electron chi connectivity index (χ2n) is 29.5. The van der Waals surface area contributed by atoms with Crippen molar-refractivity contribution in [3.63, 3.8) is 0 Å². The monoisotopic (exact) mass is 1760 g/mol. The van der Waals surface area contributed by atoms with Gasteiger partial charge >= 0.3 is 0 Å². The van der Waals surface area contributed by atoms with Crippen molar-refractivity contribution < 1.29 is 51.5 Å². The minimum Gasteiger partial charge on any atom is -0.455 e. The molecule has 0 aliphatic carbocycles. The second-order valence-corrected chi connectivity index (χ2v) is 31.2. The van der Waals surface area contributed by atoms with E-state index in [4.69, 9.17) is 69.1 Å². The summed E-state index contributed by atoms with van der Waals surface area (Å²) in [4.78, 5) is 111. The number of rotatable bonds is 26. The third kappa shape index (κ3) is 23.3. The fourth-order valence-electron chi connectivity index (χ4n) is 13.1. The minimum atomic E-state index is -0.680. The lowest BCUT2D eigenvalue weighted by Gasteiger charge is -2.08. The zero-order valence-corrected chi connectivity index (χ0v) is 72.2. The molecular weight excluding hydrogens is 1680 g/mol. The fourth-order valence-corrected chi connectivity index (χ4v) is 14.0. The normalized spacial score (nSPS) is 11.6. The van der Waals surface area contributed by atoms with Crippen LogP contribution in [-0.2, 0) is 45.0 Å². The number of hydrogen-bond donors (Lipinski definition) is 6. The van der Waals surface area contributed by atoms with Crippen molar-refractivity contribution in [3.05, 3.63) is 308 Å². The Bertz CT molecular complexity index is 6500. The summed E-state index contributed by atoms with van der Waals surface area (Å²) in [6, 6.07) is 56.5. The van der Waals surface area contributed by atoms with Crippen LogP contribution in [0.2, 0.25) is 20.1 Å². The third-order valence-electron chi connectivity index (χ3n) is 19.0. The number of nitrogens with one attached hydrogen (secondary N) is 5. The Kier molecular flexibility index (Phi) is 30.0. The molecule has 16 rings (SSSR count). The number of ketones is 2. The number of carbonyl (C=O) groups excluding carboxylic acids is 6. The van der Waals surface area contributed by atoms with Gasteiger partial charge in [0.2, 0.25) is 23.6 Å². The maximum atomic E-state index is 13.2. The summed E-state index contributed by atoms with van der Waals surface area (Å²) < 4.78 is 24.6. The van der Waals surface area contributed by atoms with Gasteiger partial charge < -0.3 is 49.0 Å². The van der Waals surface area contributed by atoms with E-state index >= 15 is 0 Å². The van der Waals surface area contributed by atoms with Crippen molar-refractivity contribution in [2.45, 2.75) is 93.2 Å². The number of amides is 4. The number of aliphatic hydroxyl groups is 1. The first kappa shape index (κ1) is 89.5. The largest absolute Gasteiger partial charge is 0.455 e. The van der Waals surface area contributed by atoms with E-state index in [-0.39, 0.29) is 60.5 Å². The van der Waals surface area contributed by atoms with Crippen molar-refractivity contribution in [2.75, 3.05) is 17.2 Å². The van der Waals surface area contributed by atoms with Crippen LogP contribution in [0.3, 0.4) is 0 Å². The Morgan fingerprint density at radius 1 is 0.492 bits per heavy atom. The molecule has 1 atom stereocenters. The zero-order valence-electron chi connectivity index (χ0n) is 69.2. The van der Waals surface area contributed by atoms with Crippen LogP contribution in [0.5, 0.6) is 0 Å². The van der Waals surface area contributed by atoms with Crippen LogP contribution in [0.25, 0.3) is 102 Å². The van der Waals surface area contributed by atoms with E-state index < -0.39 is 6.10 Å². The van der Waals surface area contributed by atoms with Crippen LogP contribution >= 0.6 is 46.4 Å². The third-order valence-corrected chi connectivity index (χ3v) is 20.4. The molecule has 0 saturated carbocycles. The van der Waals surface area contributed by atoms with Gasteiger partial charge in [0.05, 0.1) is 43.0 Å². The molecular formula is C96H83Cl4N15O11. The van der Waals surface area contributed by atoms with Crippen LogP contribution in [0.15, 0.2) is 266 Å². The predicted molar refractivity (Wildman–Crippen MR) is 487 cm³/mol. The van der Waals surface area contributed by atoms with Crippen LogP contribution in [0, 0.1) is 19.8 Å². The molecule has 11 heterocycles. The lowest BCUT2D eigenvalue weighted by Crippen LogP contribution is -2.30. The maximum Gasteiger partial charge on any atom is 0.255 e. The Balaban J connectivity index is 0.000000144. The number of hydrogen-bond acceptors (Lipinski definition) is 21. The number of pyridine rings is 5. The van der Waals surface area contributed by atoms with Crippen molar-refractivity contribution >= 4 is 105 Å². The highest BCUT2D eigenvalue weighted by Crippen LogP contribution is 2.43. The summed E-state index contributed by atoms with van der Waals surface area (Å²) in [5.41, 5.74) is 12.8. The summed E-state index contributed by atoms with van der Waals surface area (Å²) in [6.45, 7) is 12.7. The summed E-state index contributed by atoms with van der Waals surface area (Å²) in [6.07, 6.45) is 16.2. The molecule has 636 valence electrons. The van der Waals surface area contributed by atoms with Gasteiger partial charge in [-0.15, -0.1) is 0 Å². The van der Waals surface area contributed by atoms with Crippen molar-refractivity contribution in [2.24, 2.45) is 16.1 Å². The van der Waals surface area contributed by atoms with Gasteiger partial charge in [0.25, 0.3) is 11.8 Å². The highest BCUT2D eigenvalue weighted by Gasteiger charge is 2.29. The number of aryl methyl sites for hydroxylation is 2. The number of furan rings is 2. The number of aromatic nitrogens is 9. The molecule has 0 bridgehead atoms. The van der Waals surface area contributed by atoms with E-state index in [1.807, 2.05) is 137 Å². The summed E-state index contributed by atoms with van der Waals surface area (Å²) in [5.74, 6) is 4.20. The highest BCUT2D eigenvalue weighted by atomic mass is 35.5. The molecule has 5 aromatic carbocycles. The molecule has 10 aromatic heterocycles. The number of aliphatic hydroxyl groups excluding tert-OH is 1. The number of H-pyrrole nitrogens is 1. The SMILES string of the molecule is CC(=O)Cc1cc(-c2cc(C(=O)NC[C@@H](C)O)c(-c3ccccc3Cl)o2)c(C)cn1.CC(=O)Nc1cc(-c2cc(C(=O)NCc3cccnc3)c(-c3ccccc3Cl)o2)c(C)cn1.CC(C)CC(=O)Nc1cc(-c2nc(-c3ncc[nH]3)c(-c3ccccc3Cl)o2)ccn1.O=C(Cc1ccccc1)Cc1cc(-c2nc(C3=NN=CC3)c(-c3ccccc3Cl)o2)ccn1. The van der Waals surface area contributed by atoms with E-state index in [2.05, 4.69) is 71.3 Å². The van der Waals surface area contributed by atoms with Gasteiger partial charge in [-0.05, 0) is 159 Å². The molecule has 0 radical (unpaired) electrons. The summed E-state index contributed by atoms with van der Waals surface area (Å²) >= 11 is 25.6. The molecule has 0 saturated heterocycles. The van der Waals surface area contributed by atoms with E-state index in [0.29, 0.717) is 177 Å². The molecule has 1 aliphatic heterocycles. The van der Waals surface area contributed by atoms with Crippen LogP contribution in [0.4, 0.5) is 11.6 Å². The number of anilines is 2. The number of nitrogens with zero attached hydrogens (tertiary/aromatic N) is 10. The topological polar surface area (TPSA) is 367 Å². The van der Waals surface area contributed by atoms with Crippen molar-refractivity contribution in [3.8, 4) is 102 Å². The van der Waals surface area contributed by atoms with E-state index in [1.54, 1.807) is 142 Å². The molecule has 15 aromatic rings. The minimum absolute atomic E-state index is 0.00620. The van der Waals surface area contributed by atoms with Gasteiger partial charge in [-0.25, -0.2) is 24.9 Å².